The van der Waals surface area contributed by atoms with E-state index in [1.807, 2.05) is 13.8 Å². The van der Waals surface area contributed by atoms with Crippen molar-refractivity contribution in [1.82, 2.24) is 9.88 Å². The van der Waals surface area contributed by atoms with Gasteiger partial charge >= 0.3 is 5.97 Å². The van der Waals surface area contributed by atoms with Crippen molar-refractivity contribution in [1.29, 1.82) is 0 Å². The zero-order chi connectivity index (χ0) is 12.6. The first kappa shape index (κ1) is 12.0. The molecule has 1 aliphatic heterocycles. The summed E-state index contributed by atoms with van der Waals surface area (Å²) in [6.45, 7) is 3.80. The number of carbonyl (C=O) groups excluding carboxylic acids is 1. The zero-order valence-electron chi connectivity index (χ0n) is 9.66. The van der Waals surface area contributed by atoms with E-state index in [2.05, 4.69) is 4.98 Å². The van der Waals surface area contributed by atoms with E-state index >= 15 is 0 Å². The summed E-state index contributed by atoms with van der Waals surface area (Å²) in [7, 11) is 0. The Morgan fingerprint density at radius 2 is 2.35 bits per heavy atom. The Labute approximate surface area is 103 Å². The molecule has 2 heterocycles. The van der Waals surface area contributed by atoms with E-state index in [9.17, 15) is 14.7 Å². The first-order valence-corrected chi connectivity index (χ1v) is 6.32. The predicted molar refractivity (Wildman–Crippen MR) is 62.6 cm³/mol. The van der Waals surface area contributed by atoms with Gasteiger partial charge in [0.1, 0.15) is 0 Å². The molecular weight excluding hydrogens is 240 g/mol. The summed E-state index contributed by atoms with van der Waals surface area (Å²) in [5.74, 6) is -1.67. The second kappa shape index (κ2) is 4.44. The maximum absolute atomic E-state index is 11.9. The molecule has 0 aromatic carbocycles. The first-order valence-electron chi connectivity index (χ1n) is 5.44. The Balaban J connectivity index is 2.39. The molecule has 0 radical (unpaired) electrons. The summed E-state index contributed by atoms with van der Waals surface area (Å²) < 4.78 is 0. The highest BCUT2D eigenvalue weighted by Crippen LogP contribution is 2.40. The van der Waals surface area contributed by atoms with Crippen molar-refractivity contribution in [2.45, 2.75) is 32.4 Å². The van der Waals surface area contributed by atoms with Crippen molar-refractivity contribution >= 4 is 23.2 Å². The lowest BCUT2D eigenvalue weighted by Gasteiger charge is -2.29. The first-order chi connectivity index (χ1) is 8.02. The molecule has 1 amide bonds. The second-order valence-corrected chi connectivity index (χ2v) is 5.31. The number of hydrogen-bond donors (Lipinski definition) is 1. The normalized spacial score (nSPS) is 24.6. The average molecular weight is 254 g/mol. The van der Waals surface area contributed by atoms with Crippen molar-refractivity contribution in [2.75, 3.05) is 0 Å². The monoisotopic (exact) mass is 254 g/mol. The molecule has 1 fully saturated rings. The molecule has 17 heavy (non-hydrogen) atoms. The van der Waals surface area contributed by atoms with E-state index in [4.69, 9.17) is 0 Å². The fourth-order valence-electron chi connectivity index (χ4n) is 2.29. The summed E-state index contributed by atoms with van der Waals surface area (Å²) >= 11 is 1.40. The third kappa shape index (κ3) is 2.04. The summed E-state index contributed by atoms with van der Waals surface area (Å²) in [5.41, 5.74) is 1.66. The van der Waals surface area contributed by atoms with Crippen LogP contribution in [0.1, 0.15) is 31.2 Å². The Bertz CT molecular complexity index is 430. The van der Waals surface area contributed by atoms with Gasteiger partial charge in [0.2, 0.25) is 5.91 Å². The van der Waals surface area contributed by atoms with E-state index in [1.54, 1.807) is 16.6 Å². The van der Waals surface area contributed by atoms with Gasteiger partial charge in [-0.25, -0.2) is 0 Å². The molecule has 1 saturated heterocycles. The third-order valence-electron chi connectivity index (χ3n) is 2.98. The lowest BCUT2D eigenvalue weighted by Crippen LogP contribution is -2.35. The number of hydrogen-bond acceptors (Lipinski definition) is 4. The van der Waals surface area contributed by atoms with Gasteiger partial charge in [-0.15, -0.1) is 11.3 Å². The quantitative estimate of drug-likeness (QED) is 0.888. The van der Waals surface area contributed by atoms with Crippen molar-refractivity contribution in [2.24, 2.45) is 5.92 Å². The van der Waals surface area contributed by atoms with Crippen LogP contribution < -0.4 is 0 Å². The predicted octanol–water partition coefficient (Wildman–Crippen LogP) is 1.53. The van der Waals surface area contributed by atoms with E-state index in [1.165, 1.54) is 11.3 Å². The molecule has 1 aromatic rings. The summed E-state index contributed by atoms with van der Waals surface area (Å²) in [5, 5.41) is 9.21. The number of aliphatic carboxylic acids is 1. The molecule has 1 aromatic heterocycles. The number of aromatic nitrogens is 1. The Morgan fingerprint density at radius 1 is 1.65 bits per heavy atom. The number of likely N-dealkylation sites (tertiary alicyclic amines) is 1. The van der Waals surface area contributed by atoms with Crippen LogP contribution >= 0.6 is 11.3 Å². The highest BCUT2D eigenvalue weighted by atomic mass is 32.1. The van der Waals surface area contributed by atoms with Crippen LogP contribution in [-0.2, 0) is 9.59 Å². The molecule has 92 valence electrons. The van der Waals surface area contributed by atoms with Crippen LogP contribution in [0.25, 0.3) is 0 Å². The van der Waals surface area contributed by atoms with Crippen LogP contribution in [0.15, 0.2) is 11.7 Å². The Morgan fingerprint density at radius 3 is 2.82 bits per heavy atom. The molecule has 0 bridgehead atoms. The molecular formula is C11H14N2O3S. The number of nitrogens with zero attached hydrogens (tertiary/aromatic N) is 2. The van der Waals surface area contributed by atoms with Crippen molar-refractivity contribution in [3.63, 3.8) is 0 Å². The maximum Gasteiger partial charge on any atom is 0.309 e. The minimum atomic E-state index is -0.917. The number of carboxylic acids is 1. The molecule has 0 spiro atoms. The standard InChI is InChI=1S/C11H14N2O3S/c1-6(2)13-9(14)3-7(11(15)16)10(13)8-4-12-5-17-8/h4-7,10H,3H2,1-2H3,(H,15,16). The van der Waals surface area contributed by atoms with Crippen molar-refractivity contribution in [3.8, 4) is 0 Å². The molecule has 2 unspecified atom stereocenters. The van der Waals surface area contributed by atoms with Crippen LogP contribution in [0.4, 0.5) is 0 Å². The smallest absolute Gasteiger partial charge is 0.309 e. The SMILES string of the molecule is CC(C)N1C(=O)CC(C(=O)O)C1c1cncs1. The van der Waals surface area contributed by atoms with Gasteiger partial charge in [-0.3, -0.25) is 14.6 Å². The van der Waals surface area contributed by atoms with E-state index < -0.39 is 11.9 Å². The molecule has 6 heteroatoms. The van der Waals surface area contributed by atoms with Crippen LogP contribution in [0.2, 0.25) is 0 Å². The van der Waals surface area contributed by atoms with E-state index in [-0.39, 0.29) is 24.4 Å². The van der Waals surface area contributed by atoms with Crippen LogP contribution in [0.3, 0.4) is 0 Å². The van der Waals surface area contributed by atoms with E-state index in [0.29, 0.717) is 0 Å². The van der Waals surface area contributed by atoms with Crippen LogP contribution in [-0.4, -0.2) is 32.9 Å². The second-order valence-electron chi connectivity index (χ2n) is 4.39. The average Bonchev–Trinajstić information content (AvgIpc) is 2.82. The highest BCUT2D eigenvalue weighted by Gasteiger charge is 2.46. The van der Waals surface area contributed by atoms with Gasteiger partial charge in [-0.1, -0.05) is 0 Å². The third-order valence-corrected chi connectivity index (χ3v) is 3.83. The highest BCUT2D eigenvalue weighted by molar-refractivity contribution is 7.09. The fourth-order valence-corrected chi connectivity index (χ4v) is 3.08. The Hall–Kier alpha value is -1.43. The fraction of sp³-hybridized carbons (Fsp3) is 0.545. The van der Waals surface area contributed by atoms with Crippen molar-refractivity contribution in [3.05, 3.63) is 16.6 Å². The largest absolute Gasteiger partial charge is 0.481 e. The van der Waals surface area contributed by atoms with Gasteiger partial charge in [0.05, 0.1) is 17.5 Å². The van der Waals surface area contributed by atoms with Gasteiger partial charge < -0.3 is 10.0 Å². The molecule has 1 aliphatic rings. The molecule has 2 rings (SSSR count). The molecule has 5 nitrogen and oxygen atoms in total. The number of amides is 1. The molecule has 1 N–H and O–H groups in total. The van der Waals surface area contributed by atoms with Crippen LogP contribution in [0, 0.1) is 5.92 Å². The minimum absolute atomic E-state index is 0.000972. The van der Waals surface area contributed by atoms with Gasteiger partial charge in [0, 0.05) is 23.5 Å². The number of carboxylic acid groups (broad SMARTS) is 1. The lowest BCUT2D eigenvalue weighted by molar-refractivity contribution is -0.142. The zero-order valence-corrected chi connectivity index (χ0v) is 10.5. The lowest BCUT2D eigenvalue weighted by atomic mass is 9.99. The Kier molecular flexibility index (Phi) is 3.15. The van der Waals surface area contributed by atoms with Gasteiger partial charge in [-0.2, -0.15) is 0 Å². The summed E-state index contributed by atoms with van der Waals surface area (Å²) in [4.78, 5) is 29.6. The summed E-state index contributed by atoms with van der Waals surface area (Å²) in [6.07, 6.45) is 1.73. The van der Waals surface area contributed by atoms with Gasteiger partial charge in [-0.05, 0) is 13.8 Å². The van der Waals surface area contributed by atoms with Gasteiger partial charge in [0.15, 0.2) is 0 Å². The van der Waals surface area contributed by atoms with Crippen LogP contribution in [0.5, 0.6) is 0 Å². The number of thiazole rings is 1. The number of rotatable bonds is 3. The minimum Gasteiger partial charge on any atom is -0.481 e. The molecule has 2 atom stereocenters. The topological polar surface area (TPSA) is 70.5 Å². The molecule has 0 saturated carbocycles. The number of carbonyl (C=O) groups is 2. The van der Waals surface area contributed by atoms with Gasteiger partial charge in [0.25, 0.3) is 0 Å². The molecule has 0 aliphatic carbocycles. The van der Waals surface area contributed by atoms with E-state index in [0.717, 1.165) is 4.88 Å². The summed E-state index contributed by atoms with van der Waals surface area (Å²) in [6, 6.07) is -0.369. The maximum atomic E-state index is 11.9. The van der Waals surface area contributed by atoms with Crippen molar-refractivity contribution < 1.29 is 14.7 Å².